The number of hydrogen-bond acceptors (Lipinski definition) is 5. The van der Waals surface area contributed by atoms with Gasteiger partial charge in [0.1, 0.15) is 7.05 Å². The van der Waals surface area contributed by atoms with Crippen LogP contribution in [0.5, 0.6) is 0 Å². The van der Waals surface area contributed by atoms with E-state index in [4.69, 9.17) is 18.6 Å². The van der Waals surface area contributed by atoms with Crippen LogP contribution in [0.3, 0.4) is 0 Å². The van der Waals surface area contributed by atoms with Crippen LogP contribution < -0.4 is 23.5 Å². The van der Waals surface area contributed by atoms with Gasteiger partial charge in [-0.15, -0.1) is 10.2 Å². The molecule has 0 aromatic heterocycles. The second kappa shape index (κ2) is 13.4. The highest BCUT2D eigenvalue weighted by atomic mass is 35.7. The first-order chi connectivity index (χ1) is 23.9. The predicted octanol–water partition coefficient (Wildman–Crippen LogP) is 6.34. The third kappa shape index (κ3) is 7.25. The number of rotatable bonds is 4. The van der Waals surface area contributed by atoms with Crippen molar-refractivity contribution in [3.63, 3.8) is 0 Å². The Morgan fingerprint density at radius 1 is 0.686 bits per heavy atom. The second-order valence-electron chi connectivity index (χ2n) is 15.7. The molecule has 0 amide bonds. The average molecular weight is 703 g/mol. The van der Waals surface area contributed by atoms with E-state index in [1.807, 2.05) is 0 Å². The Bertz CT molecular complexity index is 2200. The zero-order valence-corrected chi connectivity index (χ0v) is 31.5. The number of allylic oxidation sites excluding steroid dienone is 10. The summed E-state index contributed by atoms with van der Waals surface area (Å²) in [7, 11) is -0.527. The van der Waals surface area contributed by atoms with Crippen molar-refractivity contribution in [1.29, 1.82) is 0 Å². The van der Waals surface area contributed by atoms with Crippen LogP contribution in [0.25, 0.3) is 21.5 Å². The summed E-state index contributed by atoms with van der Waals surface area (Å²) in [6.07, 6.45) is 18.4. The number of halogens is 1. The molecule has 4 aromatic carbocycles. The van der Waals surface area contributed by atoms with Crippen LogP contribution in [0.2, 0.25) is 0 Å². The Hall–Kier alpha value is -4.30. The van der Waals surface area contributed by atoms with Crippen molar-refractivity contribution in [2.75, 3.05) is 19.0 Å². The molecule has 7 heteroatoms. The molecule has 264 valence electrons. The molecule has 0 bridgehead atoms. The molecule has 0 N–H and O–H groups in total. The van der Waals surface area contributed by atoms with Gasteiger partial charge >= 0.3 is 0 Å². The summed E-state index contributed by atoms with van der Waals surface area (Å²) < 4.78 is 36.3. The summed E-state index contributed by atoms with van der Waals surface area (Å²) >= 11 is 0. The minimum Gasteiger partial charge on any atom is -0.347 e. The number of anilines is 1. The molecule has 2 aliphatic heterocycles. The predicted molar refractivity (Wildman–Crippen MR) is 199 cm³/mol. The van der Waals surface area contributed by atoms with Gasteiger partial charge < -0.3 is 4.90 Å². The quantitative estimate of drug-likeness (QED) is 0.231. The molecule has 0 unspecified atom stereocenters. The van der Waals surface area contributed by atoms with Crippen molar-refractivity contribution in [2.24, 2.45) is 5.41 Å². The number of benzene rings is 4. The van der Waals surface area contributed by atoms with Gasteiger partial charge in [0.2, 0.25) is 5.69 Å². The lowest BCUT2D eigenvalue weighted by Crippen LogP contribution is -2.68. The summed E-state index contributed by atoms with van der Waals surface area (Å²) in [4.78, 5) is 2.38. The molecule has 0 fully saturated rings. The number of hydrogen-bond donors (Lipinski definition) is 0. The Kier molecular flexibility index (Phi) is 9.55. The smallest absolute Gasteiger partial charge is 0.210 e. The van der Waals surface area contributed by atoms with Crippen LogP contribution >= 0.6 is 0 Å². The summed E-state index contributed by atoms with van der Waals surface area (Å²) in [5, 5.41) is 5.32. The second-order valence-corrected chi connectivity index (χ2v) is 16.5. The standard InChI is InChI=1S/C44H47N2.ClHO4/c1-42(2)28-30(15-13-21-38-43(3,4)40-34-19-11-9-17-32(34)23-25-36(40)45(38)7)27-31(29-42)16-14-22-39-44(5,6)41-35-20-12-10-18-33(35)24-26-37(41)46(39)8;2-1(3,4)5/h9-27H,28-29H2,1-8H3;(H,2,3,4,5)/q+1;/p-1. The molecule has 51 heavy (non-hydrogen) atoms. The molecule has 1 aliphatic carbocycles. The molecule has 6 nitrogen and oxygen atoms in total. The van der Waals surface area contributed by atoms with E-state index in [9.17, 15) is 0 Å². The maximum Gasteiger partial charge on any atom is 0.210 e. The van der Waals surface area contributed by atoms with Crippen LogP contribution in [0.15, 0.2) is 132 Å². The molecule has 0 saturated carbocycles. The van der Waals surface area contributed by atoms with E-state index < -0.39 is 10.2 Å². The van der Waals surface area contributed by atoms with Crippen LogP contribution in [0.4, 0.5) is 11.4 Å². The van der Waals surface area contributed by atoms with E-state index in [0.717, 1.165) is 12.8 Å². The van der Waals surface area contributed by atoms with Gasteiger partial charge in [-0.2, -0.15) is 4.58 Å². The van der Waals surface area contributed by atoms with Crippen molar-refractivity contribution in [3.8, 4) is 0 Å². The maximum absolute atomic E-state index is 8.49. The Morgan fingerprint density at radius 2 is 1.25 bits per heavy atom. The fourth-order valence-corrected chi connectivity index (χ4v) is 8.63. The Morgan fingerprint density at radius 3 is 1.90 bits per heavy atom. The fraction of sp³-hybridized carbons (Fsp3) is 0.295. The van der Waals surface area contributed by atoms with E-state index in [1.165, 1.54) is 66.6 Å². The minimum atomic E-state index is -4.94. The maximum atomic E-state index is 8.49. The van der Waals surface area contributed by atoms with Crippen molar-refractivity contribution >= 4 is 38.6 Å². The fourth-order valence-electron chi connectivity index (χ4n) is 8.63. The van der Waals surface area contributed by atoms with Crippen molar-refractivity contribution in [1.82, 2.24) is 0 Å². The van der Waals surface area contributed by atoms with Gasteiger partial charge in [0.15, 0.2) is 5.71 Å². The van der Waals surface area contributed by atoms with Gasteiger partial charge in [-0.05, 0) is 88.6 Å². The zero-order valence-electron chi connectivity index (χ0n) is 30.8. The Balaban J connectivity index is 0.000000839. The zero-order chi connectivity index (χ0) is 36.9. The van der Waals surface area contributed by atoms with E-state index >= 15 is 0 Å². The molecule has 2 heterocycles. The minimum absolute atomic E-state index is 0.0733. The summed E-state index contributed by atoms with van der Waals surface area (Å²) in [6, 6.07) is 26.6. The van der Waals surface area contributed by atoms with Crippen LogP contribution in [0.1, 0.15) is 65.5 Å². The van der Waals surface area contributed by atoms with Gasteiger partial charge in [-0.3, -0.25) is 0 Å². The van der Waals surface area contributed by atoms with Crippen molar-refractivity contribution < 1.29 is 33.5 Å². The van der Waals surface area contributed by atoms with Crippen molar-refractivity contribution in [2.45, 2.75) is 65.2 Å². The molecule has 4 aromatic rings. The molecular formula is C44H47ClN2O4. The monoisotopic (exact) mass is 702 g/mol. The summed E-state index contributed by atoms with van der Waals surface area (Å²) in [6.45, 7) is 14.2. The number of nitrogens with zero attached hydrogens (tertiary/aromatic N) is 2. The molecule has 0 atom stereocenters. The van der Waals surface area contributed by atoms with E-state index in [2.05, 4.69) is 180 Å². The van der Waals surface area contributed by atoms with Gasteiger partial charge in [0.05, 0.1) is 5.41 Å². The lowest BCUT2D eigenvalue weighted by atomic mass is 9.75. The number of likely N-dealkylation sites (N-methyl/N-ethyl adjacent to an activating group) is 1. The summed E-state index contributed by atoms with van der Waals surface area (Å²) in [5.74, 6) is 0. The number of fused-ring (bicyclic) bond motifs is 6. The molecular weight excluding hydrogens is 656 g/mol. The third-order valence-corrected chi connectivity index (χ3v) is 10.7. The van der Waals surface area contributed by atoms with Crippen molar-refractivity contribution in [3.05, 3.63) is 143 Å². The SMILES string of the molecule is CN1C(=CC=CC2=CC(=CC=CC3=[N+](C)c4ccc5ccccc5c4C3(C)C)CC(C)(C)C2)C(C)(C)c2c1ccc1ccccc21.[O-][Cl+3]([O-])([O-])[O-]. The first-order valence-electron chi connectivity index (χ1n) is 17.4. The van der Waals surface area contributed by atoms with Crippen LogP contribution in [-0.2, 0) is 10.8 Å². The lowest BCUT2D eigenvalue weighted by molar-refractivity contribution is -2.00. The first kappa shape index (κ1) is 36.5. The van der Waals surface area contributed by atoms with E-state index in [0.29, 0.717) is 0 Å². The van der Waals surface area contributed by atoms with Gasteiger partial charge in [-0.1, -0.05) is 113 Å². The van der Waals surface area contributed by atoms with E-state index in [1.54, 1.807) is 0 Å². The molecule has 7 rings (SSSR count). The highest BCUT2D eigenvalue weighted by Gasteiger charge is 2.44. The third-order valence-electron chi connectivity index (χ3n) is 10.7. The van der Waals surface area contributed by atoms with Gasteiger partial charge in [0.25, 0.3) is 0 Å². The van der Waals surface area contributed by atoms with Gasteiger partial charge in [0, 0.05) is 41.6 Å². The Labute approximate surface area is 304 Å². The molecule has 0 spiro atoms. The topological polar surface area (TPSA) is 98.5 Å². The lowest BCUT2D eigenvalue weighted by Gasteiger charge is -2.30. The average Bonchev–Trinajstić information content (AvgIpc) is 3.37. The van der Waals surface area contributed by atoms with Crippen LogP contribution in [-0.4, -0.2) is 24.4 Å². The highest BCUT2D eigenvalue weighted by molar-refractivity contribution is 6.07. The summed E-state index contributed by atoms with van der Waals surface area (Å²) in [5.41, 5.74) is 11.0. The molecule has 0 radical (unpaired) electrons. The highest BCUT2D eigenvalue weighted by Crippen LogP contribution is 2.50. The molecule has 0 saturated heterocycles. The molecule has 3 aliphatic rings. The first-order valence-corrected chi connectivity index (χ1v) is 18.6. The normalized spacial score (nSPS) is 20.8. The van der Waals surface area contributed by atoms with Crippen LogP contribution in [0, 0.1) is 15.7 Å². The largest absolute Gasteiger partial charge is 0.347 e. The van der Waals surface area contributed by atoms with E-state index in [-0.39, 0.29) is 16.2 Å². The van der Waals surface area contributed by atoms with Gasteiger partial charge in [-0.25, -0.2) is 18.6 Å².